The minimum absolute atomic E-state index is 0.466. The van der Waals surface area contributed by atoms with E-state index in [1.165, 1.54) is 0 Å². The van der Waals surface area contributed by atoms with Crippen LogP contribution in [0.3, 0.4) is 0 Å². The maximum Gasteiger partial charge on any atom is 0.0671 e. The van der Waals surface area contributed by atoms with Crippen molar-refractivity contribution in [3.05, 3.63) is 56.5 Å². The zero-order chi connectivity index (χ0) is 11.7. The highest BCUT2D eigenvalue weighted by atomic mass is 35.5. The van der Waals surface area contributed by atoms with E-state index in [0.29, 0.717) is 20.1 Å². The summed E-state index contributed by atoms with van der Waals surface area (Å²) in [6.45, 7) is 0. The molecule has 2 rings (SSSR count). The van der Waals surface area contributed by atoms with E-state index in [0.717, 1.165) is 11.1 Å². The Balaban J connectivity index is 2.67. The summed E-state index contributed by atoms with van der Waals surface area (Å²) in [6.07, 6.45) is 0. The van der Waals surface area contributed by atoms with E-state index in [9.17, 15) is 0 Å². The summed E-state index contributed by atoms with van der Waals surface area (Å²) >= 11 is 24.0. The van der Waals surface area contributed by atoms with Gasteiger partial charge in [-0.25, -0.2) is 0 Å². The predicted molar refractivity (Wildman–Crippen MR) is 70.8 cm³/mol. The molecule has 2 aromatic carbocycles. The topological polar surface area (TPSA) is 0 Å². The van der Waals surface area contributed by atoms with Crippen molar-refractivity contribution < 1.29 is 0 Å². The summed E-state index contributed by atoms with van der Waals surface area (Å²) in [6, 6.07) is 11.5. The van der Waals surface area contributed by atoms with Crippen LogP contribution in [0.25, 0.3) is 11.1 Å². The highest BCUT2D eigenvalue weighted by Crippen LogP contribution is 2.37. The van der Waals surface area contributed by atoms with Gasteiger partial charge >= 0.3 is 0 Å². The summed E-state index contributed by atoms with van der Waals surface area (Å²) < 4.78 is 0. The predicted octanol–water partition coefficient (Wildman–Crippen LogP) is 5.77. The molecule has 0 N–H and O–H groups in total. The van der Waals surface area contributed by atoms with E-state index in [2.05, 4.69) is 6.07 Å². The quantitative estimate of drug-likeness (QED) is 0.626. The maximum atomic E-state index is 6.11. The van der Waals surface area contributed by atoms with Gasteiger partial charge in [0.05, 0.1) is 10.0 Å². The largest absolute Gasteiger partial charge is 0.0836 e. The Kier molecular flexibility index (Phi) is 3.66. The van der Waals surface area contributed by atoms with Crippen molar-refractivity contribution >= 4 is 46.4 Å². The second-order valence-corrected chi connectivity index (χ2v) is 4.74. The molecule has 4 heteroatoms. The normalized spacial score (nSPS) is 10.5. The molecular weight excluding hydrogens is 286 g/mol. The monoisotopic (exact) mass is 289 g/mol. The zero-order valence-corrected chi connectivity index (χ0v) is 10.9. The molecule has 0 saturated heterocycles. The van der Waals surface area contributed by atoms with Crippen LogP contribution < -0.4 is 0 Å². The molecule has 0 bridgehead atoms. The lowest BCUT2D eigenvalue weighted by molar-refractivity contribution is 1.61. The molecule has 0 aliphatic heterocycles. The van der Waals surface area contributed by atoms with Crippen LogP contribution in [0.1, 0.15) is 0 Å². The summed E-state index contributed by atoms with van der Waals surface area (Å²) in [5, 5.41) is 1.97. The van der Waals surface area contributed by atoms with Gasteiger partial charge in [-0.05, 0) is 18.2 Å². The molecule has 0 aliphatic rings. The Morgan fingerprint density at radius 3 is 2.38 bits per heavy atom. The van der Waals surface area contributed by atoms with Crippen molar-refractivity contribution in [1.29, 1.82) is 0 Å². The van der Waals surface area contributed by atoms with Crippen LogP contribution in [0.15, 0.2) is 30.3 Å². The van der Waals surface area contributed by atoms with Gasteiger partial charge in [-0.1, -0.05) is 58.5 Å². The highest BCUT2D eigenvalue weighted by molar-refractivity contribution is 6.44. The van der Waals surface area contributed by atoms with Crippen molar-refractivity contribution in [1.82, 2.24) is 0 Å². The highest BCUT2D eigenvalue weighted by Gasteiger charge is 2.10. The first-order valence-electron chi connectivity index (χ1n) is 4.40. The second-order valence-electron chi connectivity index (χ2n) is 3.14. The maximum absolute atomic E-state index is 6.11. The Morgan fingerprint density at radius 1 is 0.875 bits per heavy atom. The summed E-state index contributed by atoms with van der Waals surface area (Å²) in [4.78, 5) is 0. The zero-order valence-electron chi connectivity index (χ0n) is 7.90. The van der Waals surface area contributed by atoms with Gasteiger partial charge < -0.3 is 0 Å². The van der Waals surface area contributed by atoms with Gasteiger partial charge in [0, 0.05) is 27.2 Å². The molecular formula is C12H5Cl4. The minimum Gasteiger partial charge on any atom is -0.0836 e. The van der Waals surface area contributed by atoms with Gasteiger partial charge in [0.1, 0.15) is 0 Å². The number of rotatable bonds is 1. The van der Waals surface area contributed by atoms with E-state index < -0.39 is 0 Å². The third-order valence-corrected chi connectivity index (χ3v) is 3.46. The fourth-order valence-corrected chi connectivity index (χ4v) is 2.14. The first-order chi connectivity index (χ1) is 7.59. The van der Waals surface area contributed by atoms with E-state index in [-0.39, 0.29) is 0 Å². The second kappa shape index (κ2) is 4.85. The lowest BCUT2D eigenvalue weighted by Gasteiger charge is -2.08. The molecule has 1 radical (unpaired) electrons. The van der Waals surface area contributed by atoms with Crippen molar-refractivity contribution in [3.63, 3.8) is 0 Å². The van der Waals surface area contributed by atoms with Crippen LogP contribution in [-0.2, 0) is 0 Å². The first-order valence-corrected chi connectivity index (χ1v) is 5.92. The average Bonchev–Trinajstić information content (AvgIpc) is 2.26. The van der Waals surface area contributed by atoms with E-state index in [4.69, 9.17) is 46.4 Å². The average molecular weight is 291 g/mol. The third kappa shape index (κ3) is 2.31. The number of hydrogen-bond donors (Lipinski definition) is 0. The summed E-state index contributed by atoms with van der Waals surface area (Å²) in [5.74, 6) is 0. The number of halogens is 4. The smallest absolute Gasteiger partial charge is 0.0671 e. The van der Waals surface area contributed by atoms with Gasteiger partial charge in [0.15, 0.2) is 0 Å². The summed E-state index contributed by atoms with van der Waals surface area (Å²) in [7, 11) is 0. The molecule has 0 aromatic heterocycles. The Bertz CT molecular complexity index is 535. The van der Waals surface area contributed by atoms with Gasteiger partial charge in [-0.2, -0.15) is 0 Å². The van der Waals surface area contributed by atoms with E-state index >= 15 is 0 Å². The van der Waals surface area contributed by atoms with Crippen molar-refractivity contribution in [2.75, 3.05) is 0 Å². The fourth-order valence-electron chi connectivity index (χ4n) is 1.37. The third-order valence-electron chi connectivity index (χ3n) is 2.11. The van der Waals surface area contributed by atoms with Crippen LogP contribution in [0.4, 0.5) is 0 Å². The molecule has 0 unspecified atom stereocenters. The lowest BCUT2D eigenvalue weighted by atomic mass is 10.1. The van der Waals surface area contributed by atoms with Crippen molar-refractivity contribution in [3.8, 4) is 11.1 Å². The van der Waals surface area contributed by atoms with Crippen LogP contribution in [0.2, 0.25) is 20.1 Å². The molecule has 0 nitrogen and oxygen atoms in total. The van der Waals surface area contributed by atoms with Gasteiger partial charge in [0.2, 0.25) is 0 Å². The molecule has 16 heavy (non-hydrogen) atoms. The molecule has 0 atom stereocenters. The number of benzene rings is 2. The van der Waals surface area contributed by atoms with Crippen molar-refractivity contribution in [2.45, 2.75) is 0 Å². The SMILES string of the molecule is Clc1[c]cc(Cl)c(-c2cccc(Cl)c2Cl)c1. The Morgan fingerprint density at radius 2 is 1.62 bits per heavy atom. The molecule has 0 saturated carbocycles. The van der Waals surface area contributed by atoms with E-state index in [1.54, 1.807) is 18.2 Å². The van der Waals surface area contributed by atoms with Crippen molar-refractivity contribution in [2.24, 2.45) is 0 Å². The van der Waals surface area contributed by atoms with Gasteiger partial charge in [-0.15, -0.1) is 0 Å². The molecule has 0 spiro atoms. The van der Waals surface area contributed by atoms with Gasteiger partial charge in [0.25, 0.3) is 0 Å². The molecule has 0 amide bonds. The van der Waals surface area contributed by atoms with Crippen LogP contribution in [-0.4, -0.2) is 0 Å². The molecule has 81 valence electrons. The first kappa shape index (κ1) is 12.1. The Labute approximate surface area is 114 Å². The standard InChI is InChI=1S/C12H5Cl4/c13-7-4-5-10(14)9(6-7)8-2-1-3-11(15)12(8)16/h1-3,5-6H. The van der Waals surface area contributed by atoms with E-state index in [1.807, 2.05) is 12.1 Å². The van der Waals surface area contributed by atoms with Crippen LogP contribution in [0.5, 0.6) is 0 Å². The fraction of sp³-hybridized carbons (Fsp3) is 0. The summed E-state index contributed by atoms with van der Waals surface area (Å²) in [5.41, 5.74) is 1.51. The molecule has 0 heterocycles. The molecule has 0 fully saturated rings. The molecule has 0 aliphatic carbocycles. The van der Waals surface area contributed by atoms with Crippen LogP contribution >= 0.6 is 46.4 Å². The number of hydrogen-bond acceptors (Lipinski definition) is 0. The molecule has 2 aromatic rings. The van der Waals surface area contributed by atoms with Gasteiger partial charge in [-0.3, -0.25) is 0 Å². The lowest BCUT2D eigenvalue weighted by Crippen LogP contribution is -1.82. The minimum atomic E-state index is 0.466. The van der Waals surface area contributed by atoms with Crippen LogP contribution in [0, 0.1) is 6.07 Å². The Hall–Kier alpha value is -0.400.